The highest BCUT2D eigenvalue weighted by Crippen LogP contribution is 2.09. The van der Waals surface area contributed by atoms with E-state index in [1.165, 1.54) is 6.33 Å². The number of nitrogens with zero attached hydrogens (tertiary/aromatic N) is 4. The van der Waals surface area contributed by atoms with Gasteiger partial charge < -0.3 is 10.4 Å². The Hall–Kier alpha value is -1.69. The third-order valence-electron chi connectivity index (χ3n) is 2.02. The molecule has 6 nitrogen and oxygen atoms in total. The van der Waals surface area contributed by atoms with E-state index >= 15 is 0 Å². The van der Waals surface area contributed by atoms with Crippen LogP contribution in [0.1, 0.15) is 12.1 Å². The number of aryl methyl sites for hydroxylation is 1. The predicted molar refractivity (Wildman–Crippen MR) is 55.7 cm³/mol. The minimum atomic E-state index is 0.178. The highest BCUT2D eigenvalue weighted by atomic mass is 16.3. The zero-order chi connectivity index (χ0) is 10.7. The standard InChI is InChI=1S/C9H13N5O/c1-7-5-8(10-3-2-4-15)14-9(13-7)11-6-12-14/h5-6,10,15H,2-4H2,1H3. The molecule has 0 amide bonds. The Kier molecular flexibility index (Phi) is 2.77. The summed E-state index contributed by atoms with van der Waals surface area (Å²) in [7, 11) is 0. The van der Waals surface area contributed by atoms with E-state index in [2.05, 4.69) is 20.4 Å². The highest BCUT2D eigenvalue weighted by Gasteiger charge is 2.03. The van der Waals surface area contributed by atoms with E-state index in [1.54, 1.807) is 4.52 Å². The first-order valence-electron chi connectivity index (χ1n) is 4.83. The number of anilines is 1. The fourth-order valence-corrected chi connectivity index (χ4v) is 1.35. The van der Waals surface area contributed by atoms with Crippen molar-refractivity contribution < 1.29 is 5.11 Å². The third-order valence-corrected chi connectivity index (χ3v) is 2.02. The van der Waals surface area contributed by atoms with Gasteiger partial charge >= 0.3 is 0 Å². The Bertz CT molecular complexity index is 453. The molecule has 0 aliphatic heterocycles. The van der Waals surface area contributed by atoms with Crippen LogP contribution in [-0.2, 0) is 0 Å². The first kappa shape index (κ1) is 9.85. The van der Waals surface area contributed by atoms with Crippen LogP contribution >= 0.6 is 0 Å². The lowest BCUT2D eigenvalue weighted by molar-refractivity contribution is 0.292. The molecular weight excluding hydrogens is 194 g/mol. The normalized spacial score (nSPS) is 10.8. The van der Waals surface area contributed by atoms with Crippen LogP contribution in [0.3, 0.4) is 0 Å². The average molecular weight is 207 g/mol. The Morgan fingerprint density at radius 2 is 2.40 bits per heavy atom. The van der Waals surface area contributed by atoms with Gasteiger partial charge in [0.25, 0.3) is 5.78 Å². The molecule has 0 aromatic carbocycles. The van der Waals surface area contributed by atoms with Gasteiger partial charge in [0, 0.05) is 24.9 Å². The van der Waals surface area contributed by atoms with E-state index in [9.17, 15) is 0 Å². The molecule has 2 aromatic rings. The number of aromatic nitrogens is 4. The predicted octanol–water partition coefficient (Wildman–Crippen LogP) is 0.227. The summed E-state index contributed by atoms with van der Waals surface area (Å²) >= 11 is 0. The molecule has 0 bridgehead atoms. The summed E-state index contributed by atoms with van der Waals surface area (Å²) in [5, 5.41) is 15.9. The molecule has 0 unspecified atom stereocenters. The molecule has 0 saturated heterocycles. The lowest BCUT2D eigenvalue weighted by atomic mass is 10.4. The quantitative estimate of drug-likeness (QED) is 0.702. The van der Waals surface area contributed by atoms with Crippen molar-refractivity contribution in [2.45, 2.75) is 13.3 Å². The summed E-state index contributed by atoms with van der Waals surface area (Å²) in [6.45, 7) is 2.79. The van der Waals surface area contributed by atoms with Crippen LogP contribution in [0.25, 0.3) is 5.78 Å². The monoisotopic (exact) mass is 207 g/mol. The minimum absolute atomic E-state index is 0.178. The van der Waals surface area contributed by atoms with Crippen molar-refractivity contribution in [3.63, 3.8) is 0 Å². The van der Waals surface area contributed by atoms with Crippen LogP contribution in [-0.4, -0.2) is 37.8 Å². The SMILES string of the molecule is Cc1cc(NCCCO)n2ncnc2n1. The second-order valence-corrected chi connectivity index (χ2v) is 3.26. The fourth-order valence-electron chi connectivity index (χ4n) is 1.35. The van der Waals surface area contributed by atoms with Crippen molar-refractivity contribution in [1.29, 1.82) is 0 Å². The van der Waals surface area contributed by atoms with E-state index < -0.39 is 0 Å². The summed E-state index contributed by atoms with van der Waals surface area (Å²) in [5.74, 6) is 1.44. The van der Waals surface area contributed by atoms with Gasteiger partial charge in [-0.2, -0.15) is 14.6 Å². The van der Waals surface area contributed by atoms with Gasteiger partial charge in [-0.3, -0.25) is 0 Å². The van der Waals surface area contributed by atoms with Crippen LogP contribution in [0.2, 0.25) is 0 Å². The number of fused-ring (bicyclic) bond motifs is 1. The fraction of sp³-hybridized carbons (Fsp3) is 0.444. The van der Waals surface area contributed by atoms with Crippen molar-refractivity contribution in [3.8, 4) is 0 Å². The molecule has 0 fully saturated rings. The molecule has 0 aliphatic carbocycles. The second kappa shape index (κ2) is 4.22. The lowest BCUT2D eigenvalue weighted by Gasteiger charge is -2.07. The van der Waals surface area contributed by atoms with Crippen LogP contribution < -0.4 is 5.32 Å². The van der Waals surface area contributed by atoms with Crippen molar-refractivity contribution in [2.75, 3.05) is 18.5 Å². The summed E-state index contributed by atoms with van der Waals surface area (Å²) < 4.78 is 1.64. The molecule has 0 saturated carbocycles. The van der Waals surface area contributed by atoms with Gasteiger partial charge in [-0.1, -0.05) is 0 Å². The highest BCUT2D eigenvalue weighted by molar-refractivity contribution is 5.44. The largest absolute Gasteiger partial charge is 0.396 e. The van der Waals surface area contributed by atoms with Crippen molar-refractivity contribution in [2.24, 2.45) is 0 Å². The van der Waals surface area contributed by atoms with Gasteiger partial charge in [0.2, 0.25) is 0 Å². The van der Waals surface area contributed by atoms with Crippen molar-refractivity contribution in [1.82, 2.24) is 19.6 Å². The van der Waals surface area contributed by atoms with Gasteiger partial charge in [-0.05, 0) is 13.3 Å². The molecular formula is C9H13N5O. The molecule has 0 radical (unpaired) electrons. The third kappa shape index (κ3) is 2.04. The summed E-state index contributed by atoms with van der Waals surface area (Å²) in [5.41, 5.74) is 0.891. The number of rotatable bonds is 4. The molecule has 2 heterocycles. The molecule has 0 aliphatic rings. The first-order chi connectivity index (χ1) is 7.31. The number of aliphatic hydroxyl groups excluding tert-OH is 1. The molecule has 2 rings (SSSR count). The maximum absolute atomic E-state index is 8.69. The smallest absolute Gasteiger partial charge is 0.254 e. The summed E-state index contributed by atoms with van der Waals surface area (Å²) in [6.07, 6.45) is 2.18. The van der Waals surface area contributed by atoms with Gasteiger partial charge in [0.1, 0.15) is 12.1 Å². The Morgan fingerprint density at radius 3 is 3.20 bits per heavy atom. The molecule has 0 spiro atoms. The topological polar surface area (TPSA) is 75.3 Å². The van der Waals surface area contributed by atoms with E-state index in [1.807, 2.05) is 13.0 Å². The molecule has 15 heavy (non-hydrogen) atoms. The number of aliphatic hydroxyl groups is 1. The van der Waals surface area contributed by atoms with Crippen LogP contribution in [0.15, 0.2) is 12.4 Å². The maximum atomic E-state index is 8.69. The van der Waals surface area contributed by atoms with E-state index in [4.69, 9.17) is 5.11 Å². The Balaban J connectivity index is 2.27. The van der Waals surface area contributed by atoms with Gasteiger partial charge in [-0.15, -0.1) is 0 Å². The second-order valence-electron chi connectivity index (χ2n) is 3.26. The van der Waals surface area contributed by atoms with Gasteiger partial charge in [0.05, 0.1) is 0 Å². The van der Waals surface area contributed by atoms with Gasteiger partial charge in [0.15, 0.2) is 0 Å². The van der Waals surface area contributed by atoms with E-state index in [0.29, 0.717) is 18.7 Å². The number of hydrogen-bond donors (Lipinski definition) is 2. The first-order valence-corrected chi connectivity index (χ1v) is 4.83. The maximum Gasteiger partial charge on any atom is 0.254 e. The molecule has 6 heteroatoms. The van der Waals surface area contributed by atoms with Crippen molar-refractivity contribution >= 4 is 11.6 Å². The lowest BCUT2D eigenvalue weighted by Crippen LogP contribution is -2.09. The minimum Gasteiger partial charge on any atom is -0.396 e. The van der Waals surface area contributed by atoms with E-state index in [-0.39, 0.29) is 6.61 Å². The Labute approximate surface area is 87.0 Å². The zero-order valence-corrected chi connectivity index (χ0v) is 8.51. The average Bonchev–Trinajstić information content (AvgIpc) is 2.65. The molecule has 2 N–H and O–H groups in total. The van der Waals surface area contributed by atoms with E-state index in [0.717, 1.165) is 11.5 Å². The zero-order valence-electron chi connectivity index (χ0n) is 8.51. The molecule has 80 valence electrons. The summed E-state index contributed by atoms with van der Waals surface area (Å²) in [4.78, 5) is 8.24. The Morgan fingerprint density at radius 1 is 1.53 bits per heavy atom. The number of nitrogens with one attached hydrogen (secondary N) is 1. The van der Waals surface area contributed by atoms with Crippen LogP contribution in [0.5, 0.6) is 0 Å². The van der Waals surface area contributed by atoms with Crippen LogP contribution in [0, 0.1) is 6.92 Å². The van der Waals surface area contributed by atoms with Crippen LogP contribution in [0.4, 0.5) is 5.82 Å². The van der Waals surface area contributed by atoms with Crippen molar-refractivity contribution in [3.05, 3.63) is 18.1 Å². The number of hydrogen-bond acceptors (Lipinski definition) is 5. The molecule has 2 aromatic heterocycles. The molecule has 0 atom stereocenters. The summed E-state index contributed by atoms with van der Waals surface area (Å²) in [6, 6.07) is 1.90. The van der Waals surface area contributed by atoms with Gasteiger partial charge in [-0.25, -0.2) is 4.98 Å².